The number of rotatable bonds is 8. The summed E-state index contributed by atoms with van der Waals surface area (Å²) in [5.41, 5.74) is -0.752. The summed E-state index contributed by atoms with van der Waals surface area (Å²) >= 11 is 0. The number of anilines is 1. The van der Waals surface area contributed by atoms with Crippen molar-refractivity contribution in [3.05, 3.63) is 36.5 Å². The summed E-state index contributed by atoms with van der Waals surface area (Å²) in [5, 5.41) is 16.6. The third kappa shape index (κ3) is 7.27. The molecule has 2 aromatic rings. The van der Waals surface area contributed by atoms with Gasteiger partial charge in [0.25, 0.3) is 5.91 Å². The number of ether oxygens (including phenoxy) is 2. The van der Waals surface area contributed by atoms with E-state index in [2.05, 4.69) is 25.2 Å². The van der Waals surface area contributed by atoms with Crippen LogP contribution >= 0.6 is 0 Å². The number of carbonyl (C=O) groups is 4. The van der Waals surface area contributed by atoms with Crippen LogP contribution in [0.4, 0.5) is 14.9 Å². The van der Waals surface area contributed by atoms with Gasteiger partial charge < -0.3 is 35.0 Å². The van der Waals surface area contributed by atoms with Gasteiger partial charge in [0.15, 0.2) is 5.75 Å². The molecule has 0 radical (unpaired) electrons. The molecule has 4 N–H and O–H groups in total. The molecular formula is C38H49FN6O9S. The zero-order valence-electron chi connectivity index (χ0n) is 31.3. The third-order valence-corrected chi connectivity index (χ3v) is 14.2. The second-order valence-corrected chi connectivity index (χ2v) is 17.9. The molecule has 3 aliphatic heterocycles. The summed E-state index contributed by atoms with van der Waals surface area (Å²) in [6.07, 6.45) is 5.68. The Morgan fingerprint density at radius 1 is 1.18 bits per heavy atom. The summed E-state index contributed by atoms with van der Waals surface area (Å²) in [5.74, 6) is -2.20. The number of pyridine rings is 1. The first-order valence-electron chi connectivity index (χ1n) is 19.1. The summed E-state index contributed by atoms with van der Waals surface area (Å²) in [6.45, 7) is 3.91. The van der Waals surface area contributed by atoms with E-state index in [0.29, 0.717) is 43.4 Å². The number of benzene rings is 1. The van der Waals surface area contributed by atoms with E-state index in [-0.39, 0.29) is 49.9 Å². The predicted molar refractivity (Wildman–Crippen MR) is 200 cm³/mol. The number of likely N-dealkylation sites (N-methyl/N-ethyl adjacent to an activating group) is 1. The van der Waals surface area contributed by atoms with Gasteiger partial charge in [-0.15, -0.1) is 0 Å². The molecular weight excluding hydrogens is 736 g/mol. The number of fused-ring (bicyclic) bond motifs is 5. The van der Waals surface area contributed by atoms with E-state index in [4.69, 9.17) is 9.47 Å². The van der Waals surface area contributed by atoms with Gasteiger partial charge in [-0.05, 0) is 68.6 Å². The Balaban J connectivity index is 1.23. The first kappa shape index (κ1) is 38.6. The van der Waals surface area contributed by atoms with E-state index in [1.165, 1.54) is 4.90 Å². The Morgan fingerprint density at radius 3 is 2.67 bits per heavy atom. The maximum atomic E-state index is 14.6. The van der Waals surface area contributed by atoms with Crippen molar-refractivity contribution in [2.24, 2.45) is 17.8 Å². The summed E-state index contributed by atoms with van der Waals surface area (Å²) in [4.78, 5) is 62.9. The molecule has 55 heavy (non-hydrogen) atoms. The van der Waals surface area contributed by atoms with Crippen molar-refractivity contribution in [2.75, 3.05) is 38.3 Å². The number of amides is 4. The molecule has 5 aliphatic rings. The number of hydrogen-bond donors (Lipinski definition) is 4. The zero-order valence-corrected chi connectivity index (χ0v) is 32.1. The van der Waals surface area contributed by atoms with Crippen molar-refractivity contribution in [3.8, 4) is 11.6 Å². The zero-order chi connectivity index (χ0) is 39.3. The molecule has 0 spiro atoms. The van der Waals surface area contributed by atoms with Gasteiger partial charge in [0, 0.05) is 36.4 Å². The fourth-order valence-electron chi connectivity index (χ4n) is 8.40. The smallest absolute Gasteiger partial charge is 0.405 e. The maximum absolute atomic E-state index is 14.6. The minimum absolute atomic E-state index is 0.0335. The Morgan fingerprint density at radius 2 is 1.96 bits per heavy atom. The van der Waals surface area contributed by atoms with Crippen molar-refractivity contribution in [1.82, 2.24) is 25.2 Å². The fourth-order valence-corrected chi connectivity index (χ4v) is 9.83. The second-order valence-electron chi connectivity index (χ2n) is 15.8. The normalized spacial score (nSPS) is 31.0. The predicted octanol–water partition coefficient (Wildman–Crippen LogP) is 3.27. The number of aromatic nitrogens is 1. The highest BCUT2D eigenvalue weighted by Gasteiger charge is 2.64. The Labute approximate surface area is 319 Å². The van der Waals surface area contributed by atoms with E-state index in [9.17, 15) is 37.1 Å². The topological polar surface area (TPSA) is 197 Å². The van der Waals surface area contributed by atoms with Gasteiger partial charge in [0.2, 0.25) is 27.7 Å². The van der Waals surface area contributed by atoms with Crippen LogP contribution in [-0.2, 0) is 24.4 Å². The number of nitrogens with one attached hydrogen (secondary N) is 3. The van der Waals surface area contributed by atoms with E-state index >= 15 is 0 Å². The first-order chi connectivity index (χ1) is 26.2. The van der Waals surface area contributed by atoms with Gasteiger partial charge in [-0.1, -0.05) is 32.4 Å². The van der Waals surface area contributed by atoms with Crippen LogP contribution in [0, 0.1) is 17.8 Å². The molecule has 1 saturated heterocycles. The molecule has 17 heteroatoms. The minimum Gasteiger partial charge on any atom is -0.489 e. The van der Waals surface area contributed by atoms with Gasteiger partial charge >= 0.3 is 6.09 Å². The number of nitrogens with zero attached hydrogens (tertiary/aromatic N) is 3. The lowest BCUT2D eigenvalue weighted by Gasteiger charge is -2.33. The largest absolute Gasteiger partial charge is 0.489 e. The summed E-state index contributed by atoms with van der Waals surface area (Å²) in [6, 6.07) is 3.22. The number of sulfonamides is 1. The molecule has 0 unspecified atom stereocenters. The standard InChI is InChI=1S/C38H49FN6O9S/c1-4-23-17-22(2)7-5-6-8-24-19-38(24,35(48)43-55(51,52)37(21-39)12-13-37)42-32(46)29-18-25(20-45(29)34(47)30(23)41-36(49)50)54-33-27-9-10-28-31(26(27)11-14-40-33)53-16-15-44(28)3/h6,8-11,14,22-25,29-30,41H,4-5,7,12-13,15-21H2,1-3H3,(H,42,46)(H,43,48)(H,49,50)/b8-6-/t22-,23-,24-,25-,29+,30+,38-/m1/s1. The van der Waals surface area contributed by atoms with Gasteiger partial charge in [-0.3, -0.25) is 19.1 Å². The number of hydrogen-bond acceptors (Lipinski definition) is 10. The fraction of sp³-hybridized carbons (Fsp3) is 0.605. The lowest BCUT2D eigenvalue weighted by Crippen LogP contribution is -2.59. The molecule has 15 nitrogen and oxygen atoms in total. The summed E-state index contributed by atoms with van der Waals surface area (Å²) < 4.78 is 53.0. The molecule has 2 saturated carbocycles. The lowest BCUT2D eigenvalue weighted by molar-refractivity contribution is -0.142. The number of alkyl halides is 1. The van der Waals surface area contributed by atoms with Crippen LogP contribution in [0.15, 0.2) is 36.5 Å². The van der Waals surface area contributed by atoms with Crippen molar-refractivity contribution in [1.29, 1.82) is 0 Å². The highest BCUT2D eigenvalue weighted by molar-refractivity contribution is 7.91. The van der Waals surface area contributed by atoms with E-state index in [1.54, 1.807) is 12.3 Å². The maximum Gasteiger partial charge on any atom is 0.405 e. The average Bonchev–Trinajstić information content (AvgIpc) is 4.06. The Kier molecular flexibility index (Phi) is 10.4. The molecule has 0 bridgehead atoms. The molecule has 7 atom stereocenters. The number of carboxylic acid groups (broad SMARTS) is 1. The van der Waals surface area contributed by atoms with Crippen LogP contribution in [0.5, 0.6) is 11.6 Å². The van der Waals surface area contributed by atoms with Gasteiger partial charge in [0.05, 0.1) is 18.8 Å². The molecule has 4 amide bonds. The van der Waals surface area contributed by atoms with Crippen LogP contribution < -0.4 is 29.7 Å². The minimum atomic E-state index is -4.39. The number of allylic oxidation sites excluding steroid dienone is 1. The van der Waals surface area contributed by atoms with Crippen molar-refractivity contribution in [3.63, 3.8) is 0 Å². The van der Waals surface area contributed by atoms with Crippen LogP contribution in [0.3, 0.4) is 0 Å². The molecule has 7 rings (SSSR count). The van der Waals surface area contributed by atoms with Gasteiger partial charge in [-0.25, -0.2) is 22.6 Å². The van der Waals surface area contributed by atoms with Gasteiger partial charge in [0.1, 0.15) is 41.8 Å². The third-order valence-electron chi connectivity index (χ3n) is 12.1. The van der Waals surface area contributed by atoms with Crippen LogP contribution in [-0.4, -0.2) is 109 Å². The molecule has 1 aromatic carbocycles. The SMILES string of the molecule is CC[C@@H]1C[C@H](C)CC/C=C\[C@@H]2C[C@@]2(C(=O)NS(=O)(=O)C2(CF)CC2)NC(=O)[C@@H]2C[C@@H](Oc3nccc4c5c(ccc34)N(C)CCO5)CN2C(=O)[C@H]1NC(=O)O. The second kappa shape index (κ2) is 14.8. The monoisotopic (exact) mass is 784 g/mol. The average molecular weight is 785 g/mol. The van der Waals surface area contributed by atoms with Crippen LogP contribution in [0.25, 0.3) is 10.8 Å². The molecule has 3 fully saturated rings. The Bertz CT molecular complexity index is 2010. The van der Waals surface area contributed by atoms with E-state index < -0.39 is 74.9 Å². The van der Waals surface area contributed by atoms with Crippen molar-refractivity contribution < 1.29 is 46.6 Å². The molecule has 1 aromatic heterocycles. The highest BCUT2D eigenvalue weighted by Crippen LogP contribution is 2.48. The van der Waals surface area contributed by atoms with Crippen molar-refractivity contribution in [2.45, 2.75) is 93.7 Å². The van der Waals surface area contributed by atoms with E-state index in [0.717, 1.165) is 17.6 Å². The Hall–Kier alpha value is -4.67. The quantitative estimate of drug-likeness (QED) is 0.287. The van der Waals surface area contributed by atoms with Crippen LogP contribution in [0.1, 0.15) is 65.2 Å². The lowest BCUT2D eigenvalue weighted by atomic mass is 9.85. The van der Waals surface area contributed by atoms with Crippen molar-refractivity contribution >= 4 is 50.3 Å². The highest BCUT2D eigenvalue weighted by atomic mass is 32.2. The van der Waals surface area contributed by atoms with E-state index in [1.807, 2.05) is 45.2 Å². The summed E-state index contributed by atoms with van der Waals surface area (Å²) in [7, 11) is -2.41. The molecule has 2 aliphatic carbocycles. The number of carbonyl (C=O) groups excluding carboxylic acids is 3. The van der Waals surface area contributed by atoms with Crippen LogP contribution in [0.2, 0.25) is 0 Å². The van der Waals surface area contributed by atoms with Gasteiger partial charge in [-0.2, -0.15) is 0 Å². The molecule has 4 heterocycles. The first-order valence-corrected chi connectivity index (χ1v) is 20.5. The number of halogens is 1. The molecule has 298 valence electrons.